The molecule has 0 atom stereocenters. The Kier molecular flexibility index (Phi) is 7.88. The van der Waals surface area contributed by atoms with E-state index in [4.69, 9.17) is 23.2 Å². The zero-order valence-corrected chi connectivity index (χ0v) is 17.3. The Morgan fingerprint density at radius 1 is 0.583 bits per heavy atom. The van der Waals surface area contributed by atoms with Gasteiger partial charge in [0.15, 0.2) is 0 Å². The number of alkyl halides is 17. The molecule has 0 unspecified atom stereocenters. The van der Waals surface area contributed by atoms with Crippen LogP contribution >= 0.6 is 23.2 Å². The van der Waals surface area contributed by atoms with Gasteiger partial charge in [-0.05, 0) is 18.2 Å². The van der Waals surface area contributed by atoms with Gasteiger partial charge in [0.1, 0.15) is 0 Å². The standard InChI is InChI=1S/C15H4Cl2F17NO/c16-4-1-2-6(5(17)3-4)35-7(36)8(18,19)9(20,21)10(22,23)11(24,25)12(26,27)13(28,29)14(30,31)15(32,33)34/h1-3H,(H,35,36). The number of carbonyl (C=O) groups is 1. The van der Waals surface area contributed by atoms with Gasteiger partial charge >= 0.3 is 53.5 Å². The lowest BCUT2D eigenvalue weighted by atomic mass is 9.89. The fraction of sp³-hybridized carbons (Fsp3) is 0.533. The molecule has 1 amide bonds. The Hall–Kier alpha value is -1.92. The summed E-state index contributed by atoms with van der Waals surface area (Å²) in [6.45, 7) is 0. The van der Waals surface area contributed by atoms with Gasteiger partial charge in [0.25, 0.3) is 0 Å². The summed E-state index contributed by atoms with van der Waals surface area (Å²) in [6.07, 6.45) is -7.85. The highest BCUT2D eigenvalue weighted by atomic mass is 35.5. The predicted octanol–water partition coefficient (Wildman–Crippen LogP) is 7.94. The van der Waals surface area contributed by atoms with Crippen molar-refractivity contribution < 1.29 is 79.4 Å². The van der Waals surface area contributed by atoms with Crippen LogP contribution in [0.5, 0.6) is 0 Å². The topological polar surface area (TPSA) is 29.1 Å². The van der Waals surface area contributed by atoms with Gasteiger partial charge in [-0.2, -0.15) is 74.6 Å². The Bertz CT molecular complexity index is 1000. The molecule has 0 radical (unpaired) electrons. The van der Waals surface area contributed by atoms with Crippen molar-refractivity contribution in [2.45, 2.75) is 47.6 Å². The van der Waals surface area contributed by atoms with E-state index in [1.807, 2.05) is 0 Å². The van der Waals surface area contributed by atoms with E-state index in [1.54, 1.807) is 0 Å². The summed E-state index contributed by atoms with van der Waals surface area (Å²) in [4.78, 5) is 11.4. The van der Waals surface area contributed by atoms with Crippen molar-refractivity contribution in [3.8, 4) is 0 Å². The molecule has 1 aromatic rings. The van der Waals surface area contributed by atoms with Crippen molar-refractivity contribution in [3.05, 3.63) is 28.2 Å². The van der Waals surface area contributed by atoms with Gasteiger partial charge in [-0.15, -0.1) is 0 Å². The van der Waals surface area contributed by atoms with Crippen molar-refractivity contribution in [1.82, 2.24) is 0 Å². The molecule has 1 aromatic carbocycles. The zero-order valence-electron chi connectivity index (χ0n) is 15.8. The number of rotatable bonds is 8. The zero-order chi connectivity index (χ0) is 29.1. The normalized spacial score (nSPS) is 15.2. The second-order valence-corrected chi connectivity index (χ2v) is 7.44. The minimum atomic E-state index is -8.78. The number of carbonyl (C=O) groups excluding carboxylic acids is 1. The van der Waals surface area contributed by atoms with Crippen LogP contribution < -0.4 is 5.32 Å². The Balaban J connectivity index is 3.59. The number of amides is 1. The van der Waals surface area contributed by atoms with Crippen LogP contribution in [0.3, 0.4) is 0 Å². The molecule has 0 aromatic heterocycles. The molecule has 36 heavy (non-hydrogen) atoms. The van der Waals surface area contributed by atoms with E-state index in [0.717, 1.165) is 0 Å². The van der Waals surface area contributed by atoms with Gasteiger partial charge in [0, 0.05) is 5.02 Å². The molecule has 0 aliphatic carbocycles. The fourth-order valence-corrected chi connectivity index (χ4v) is 2.55. The average Bonchev–Trinajstić information content (AvgIpc) is 2.68. The van der Waals surface area contributed by atoms with Gasteiger partial charge in [0.2, 0.25) is 0 Å². The molecule has 1 N–H and O–H groups in total. The predicted molar refractivity (Wildman–Crippen MR) is 85.8 cm³/mol. The second kappa shape index (κ2) is 8.83. The van der Waals surface area contributed by atoms with Gasteiger partial charge in [0.05, 0.1) is 10.7 Å². The number of halogens is 19. The molecular weight excluding hydrogens is 604 g/mol. The van der Waals surface area contributed by atoms with Crippen LogP contribution in [0.4, 0.5) is 80.3 Å². The molecule has 208 valence electrons. The Morgan fingerprint density at radius 2 is 0.944 bits per heavy atom. The minimum Gasteiger partial charge on any atom is -0.319 e. The number of hydrogen-bond acceptors (Lipinski definition) is 1. The largest absolute Gasteiger partial charge is 0.460 e. The molecular formula is C15H4Cl2F17NO. The molecule has 1 rings (SSSR count). The van der Waals surface area contributed by atoms with Gasteiger partial charge in [-0.1, -0.05) is 23.2 Å². The molecule has 0 aliphatic rings. The highest BCUT2D eigenvalue weighted by Crippen LogP contribution is 2.64. The third kappa shape index (κ3) is 4.38. The van der Waals surface area contributed by atoms with E-state index in [-0.39, 0.29) is 5.02 Å². The van der Waals surface area contributed by atoms with Gasteiger partial charge in [-0.3, -0.25) is 4.79 Å². The maximum absolute atomic E-state index is 13.8. The fourth-order valence-electron chi connectivity index (χ4n) is 2.10. The van der Waals surface area contributed by atoms with Crippen LogP contribution in [0, 0.1) is 0 Å². The maximum atomic E-state index is 13.8. The SMILES string of the molecule is O=C(Nc1ccc(Cl)cc1Cl)C(F)(F)C(F)(F)C(F)(F)C(F)(F)C(F)(F)C(F)(F)C(F)(F)C(F)(F)F. The molecule has 0 saturated heterocycles. The number of hydrogen-bond donors (Lipinski definition) is 1. The first-order chi connectivity index (χ1) is 15.6. The quantitative estimate of drug-likeness (QED) is 0.299. The number of anilines is 1. The summed E-state index contributed by atoms with van der Waals surface area (Å²) in [5.41, 5.74) is -1.15. The highest BCUT2D eigenvalue weighted by Gasteiger charge is 2.95. The smallest absolute Gasteiger partial charge is 0.319 e. The van der Waals surface area contributed by atoms with Crippen molar-refractivity contribution in [2.75, 3.05) is 5.32 Å². The lowest BCUT2D eigenvalue weighted by Crippen LogP contribution is -2.75. The van der Waals surface area contributed by atoms with Crippen LogP contribution in [-0.2, 0) is 4.79 Å². The first-order valence-corrected chi connectivity index (χ1v) is 8.79. The minimum absolute atomic E-state index is 0.305. The van der Waals surface area contributed by atoms with E-state index >= 15 is 0 Å². The second-order valence-electron chi connectivity index (χ2n) is 6.60. The van der Waals surface area contributed by atoms with Crippen LogP contribution in [0.1, 0.15) is 0 Å². The lowest BCUT2D eigenvalue weighted by molar-refractivity contribution is -0.459. The Labute approximate surface area is 196 Å². The van der Waals surface area contributed by atoms with Crippen molar-refractivity contribution in [2.24, 2.45) is 0 Å². The summed E-state index contributed by atoms with van der Waals surface area (Å²) in [6, 6.07) is 1.75. The summed E-state index contributed by atoms with van der Waals surface area (Å²) < 4.78 is 224. The Morgan fingerprint density at radius 3 is 1.31 bits per heavy atom. The van der Waals surface area contributed by atoms with Crippen molar-refractivity contribution >= 4 is 34.8 Å². The van der Waals surface area contributed by atoms with Crippen molar-refractivity contribution in [3.63, 3.8) is 0 Å². The monoisotopic (exact) mass is 607 g/mol. The van der Waals surface area contributed by atoms with E-state index < -0.39 is 64.3 Å². The lowest BCUT2D eigenvalue weighted by Gasteiger charge is -2.42. The van der Waals surface area contributed by atoms with Crippen LogP contribution in [0.2, 0.25) is 10.0 Å². The van der Waals surface area contributed by atoms with Crippen LogP contribution in [-0.4, -0.2) is 53.5 Å². The van der Waals surface area contributed by atoms with Gasteiger partial charge < -0.3 is 5.32 Å². The van der Waals surface area contributed by atoms with E-state index in [9.17, 15) is 79.4 Å². The average molecular weight is 608 g/mol. The first kappa shape index (κ1) is 32.1. The molecule has 0 bridgehead atoms. The van der Waals surface area contributed by atoms with Crippen LogP contribution in [0.25, 0.3) is 0 Å². The summed E-state index contributed by atoms with van der Waals surface area (Å²) in [5, 5.41) is -0.509. The molecule has 0 aliphatic heterocycles. The molecule has 2 nitrogen and oxygen atoms in total. The van der Waals surface area contributed by atoms with Crippen LogP contribution in [0.15, 0.2) is 18.2 Å². The molecule has 0 fully saturated rings. The molecule has 21 heteroatoms. The van der Waals surface area contributed by atoms with E-state index in [1.165, 1.54) is 0 Å². The summed E-state index contributed by atoms with van der Waals surface area (Å²) in [7, 11) is 0. The van der Waals surface area contributed by atoms with Gasteiger partial charge in [-0.25, -0.2) is 0 Å². The summed E-state index contributed by atoms with van der Waals surface area (Å²) in [5.74, 6) is -62.1. The number of nitrogens with one attached hydrogen (secondary N) is 1. The molecule has 0 heterocycles. The molecule has 0 saturated carbocycles. The maximum Gasteiger partial charge on any atom is 0.460 e. The summed E-state index contributed by atoms with van der Waals surface area (Å²) >= 11 is 10.7. The van der Waals surface area contributed by atoms with Crippen molar-refractivity contribution in [1.29, 1.82) is 0 Å². The third-order valence-electron chi connectivity index (χ3n) is 4.19. The third-order valence-corrected chi connectivity index (χ3v) is 4.73. The first-order valence-electron chi connectivity index (χ1n) is 8.03. The number of benzene rings is 1. The highest BCUT2D eigenvalue weighted by molar-refractivity contribution is 6.36. The van der Waals surface area contributed by atoms with E-state index in [0.29, 0.717) is 23.5 Å². The molecule has 0 spiro atoms. The van der Waals surface area contributed by atoms with E-state index in [2.05, 4.69) is 0 Å².